The number of phenolic OH excluding ortho intramolecular Hbond substituents is 1. The number of phenols is 1. The second-order valence-corrected chi connectivity index (χ2v) is 8.76. The number of nitrogens with one attached hydrogen (secondary N) is 3. The molecule has 0 unspecified atom stereocenters. The lowest BCUT2D eigenvalue weighted by molar-refractivity contribution is 0.144. The van der Waals surface area contributed by atoms with Crippen LogP contribution in [0.3, 0.4) is 0 Å². The van der Waals surface area contributed by atoms with Gasteiger partial charge in [0.25, 0.3) is 0 Å². The van der Waals surface area contributed by atoms with E-state index in [-0.39, 0.29) is 11.3 Å². The molecule has 0 amide bonds. The van der Waals surface area contributed by atoms with Crippen molar-refractivity contribution in [1.29, 1.82) is 0 Å². The molecule has 7 nitrogen and oxygen atoms in total. The number of fused-ring (bicyclic) bond motifs is 1. The molecule has 1 aromatic carbocycles. The monoisotopic (exact) mass is 394 g/mol. The van der Waals surface area contributed by atoms with Gasteiger partial charge in [-0.15, -0.1) is 10.2 Å². The Hall–Kier alpha value is -2.38. The standard InChI is InChI=1S/C22H30N6O/c29-20-4-2-1-3-17(20)18-13-19-21(27-26-18)24-15-22(25-19)7-11-28(12-8-22)14-16-5-9-23-10-6-16/h1-4,13,16,23,25,29H,5-12,14-15H2,(H,24,27). The average molecular weight is 395 g/mol. The number of aromatic hydroxyl groups is 1. The highest BCUT2D eigenvalue weighted by atomic mass is 16.3. The molecule has 3 aliphatic heterocycles. The van der Waals surface area contributed by atoms with Gasteiger partial charge >= 0.3 is 0 Å². The third-order valence-electron chi connectivity index (χ3n) is 6.76. The fourth-order valence-corrected chi connectivity index (χ4v) is 4.92. The van der Waals surface area contributed by atoms with Crippen LogP contribution >= 0.6 is 0 Å². The highest BCUT2D eigenvalue weighted by Gasteiger charge is 2.38. The Balaban J connectivity index is 1.27. The van der Waals surface area contributed by atoms with Crippen LogP contribution in [-0.4, -0.2) is 65.0 Å². The van der Waals surface area contributed by atoms with Gasteiger partial charge in [0.05, 0.1) is 16.9 Å². The Morgan fingerprint density at radius 2 is 1.90 bits per heavy atom. The van der Waals surface area contributed by atoms with Crippen molar-refractivity contribution in [3.8, 4) is 17.0 Å². The largest absolute Gasteiger partial charge is 0.507 e. The first kappa shape index (κ1) is 18.6. The lowest BCUT2D eigenvalue weighted by Gasteiger charge is -2.46. The second-order valence-electron chi connectivity index (χ2n) is 8.76. The molecular weight excluding hydrogens is 364 g/mol. The van der Waals surface area contributed by atoms with Gasteiger partial charge in [-0.2, -0.15) is 0 Å². The van der Waals surface area contributed by atoms with Gasteiger partial charge in [0, 0.05) is 31.7 Å². The Morgan fingerprint density at radius 1 is 1.10 bits per heavy atom. The van der Waals surface area contributed by atoms with Gasteiger partial charge in [-0.05, 0) is 62.9 Å². The molecule has 3 aliphatic rings. The maximum atomic E-state index is 10.2. The van der Waals surface area contributed by atoms with Crippen molar-refractivity contribution < 1.29 is 5.11 Å². The summed E-state index contributed by atoms with van der Waals surface area (Å²) in [6.07, 6.45) is 4.86. The predicted octanol–water partition coefficient (Wildman–Crippen LogP) is 2.52. The minimum atomic E-state index is 0.0661. The normalized spacial score (nSPS) is 21.9. The molecule has 29 heavy (non-hydrogen) atoms. The van der Waals surface area contributed by atoms with Crippen LogP contribution in [0.1, 0.15) is 25.7 Å². The number of likely N-dealkylation sites (tertiary alicyclic amines) is 1. The average Bonchev–Trinajstić information content (AvgIpc) is 2.76. The summed E-state index contributed by atoms with van der Waals surface area (Å²) in [4.78, 5) is 2.65. The molecule has 0 atom stereocenters. The predicted molar refractivity (Wildman–Crippen MR) is 115 cm³/mol. The second kappa shape index (κ2) is 7.80. The minimum absolute atomic E-state index is 0.0661. The van der Waals surface area contributed by atoms with Gasteiger partial charge in [-0.1, -0.05) is 12.1 Å². The van der Waals surface area contributed by atoms with Crippen LogP contribution in [0.5, 0.6) is 5.75 Å². The lowest BCUT2D eigenvalue weighted by atomic mass is 9.85. The molecule has 0 radical (unpaired) electrons. The molecule has 2 saturated heterocycles. The summed E-state index contributed by atoms with van der Waals surface area (Å²) in [6, 6.07) is 9.28. The van der Waals surface area contributed by atoms with E-state index in [1.165, 1.54) is 32.5 Å². The molecule has 154 valence electrons. The summed E-state index contributed by atoms with van der Waals surface area (Å²) in [5, 5.41) is 29.6. The van der Waals surface area contributed by atoms with E-state index in [0.717, 1.165) is 49.9 Å². The van der Waals surface area contributed by atoms with Crippen LogP contribution in [0, 0.1) is 5.92 Å². The first-order chi connectivity index (χ1) is 14.2. The van der Waals surface area contributed by atoms with Crippen molar-refractivity contribution in [1.82, 2.24) is 20.4 Å². The van der Waals surface area contributed by atoms with Crippen LogP contribution in [-0.2, 0) is 0 Å². The van der Waals surface area contributed by atoms with Crippen molar-refractivity contribution in [2.45, 2.75) is 31.2 Å². The SMILES string of the molecule is Oc1ccccc1-c1cc2c(nn1)NCC1(CCN(CC3CCNCC3)CC1)N2. The third kappa shape index (κ3) is 3.89. The Morgan fingerprint density at radius 3 is 2.69 bits per heavy atom. The molecule has 4 heterocycles. The molecule has 1 aromatic heterocycles. The highest BCUT2D eigenvalue weighted by Crippen LogP contribution is 2.37. The van der Waals surface area contributed by atoms with E-state index in [1.54, 1.807) is 6.07 Å². The van der Waals surface area contributed by atoms with E-state index in [0.29, 0.717) is 11.3 Å². The molecular formula is C22H30N6O. The molecule has 2 aromatic rings. The summed E-state index contributed by atoms with van der Waals surface area (Å²) in [5.74, 6) is 1.87. The number of hydrogen-bond acceptors (Lipinski definition) is 7. The lowest BCUT2D eigenvalue weighted by Crippen LogP contribution is -2.55. The van der Waals surface area contributed by atoms with Gasteiger partial charge < -0.3 is 26.0 Å². The fourth-order valence-electron chi connectivity index (χ4n) is 4.92. The molecule has 0 bridgehead atoms. The quantitative estimate of drug-likeness (QED) is 0.636. The van der Waals surface area contributed by atoms with Gasteiger partial charge in [0.15, 0.2) is 5.82 Å². The molecule has 5 rings (SSSR count). The maximum Gasteiger partial charge on any atom is 0.172 e. The zero-order valence-corrected chi connectivity index (χ0v) is 16.8. The van der Waals surface area contributed by atoms with Crippen LogP contribution in [0.15, 0.2) is 30.3 Å². The number of aromatic nitrogens is 2. The van der Waals surface area contributed by atoms with Gasteiger partial charge in [0.2, 0.25) is 0 Å². The molecule has 1 spiro atoms. The van der Waals surface area contributed by atoms with Gasteiger partial charge in [0.1, 0.15) is 5.75 Å². The van der Waals surface area contributed by atoms with Crippen molar-refractivity contribution in [2.24, 2.45) is 5.92 Å². The van der Waals surface area contributed by atoms with Crippen LogP contribution < -0.4 is 16.0 Å². The van der Waals surface area contributed by atoms with Crippen molar-refractivity contribution in [3.63, 3.8) is 0 Å². The number of hydrogen-bond donors (Lipinski definition) is 4. The zero-order chi connectivity index (χ0) is 19.7. The zero-order valence-electron chi connectivity index (χ0n) is 16.8. The molecule has 0 aliphatic carbocycles. The van der Waals surface area contributed by atoms with E-state index in [1.807, 2.05) is 24.3 Å². The van der Waals surface area contributed by atoms with Crippen molar-refractivity contribution in [2.75, 3.05) is 49.9 Å². The Labute approximate surface area is 171 Å². The van der Waals surface area contributed by atoms with Crippen molar-refractivity contribution >= 4 is 11.5 Å². The van der Waals surface area contributed by atoms with Gasteiger partial charge in [-0.3, -0.25) is 0 Å². The minimum Gasteiger partial charge on any atom is -0.507 e. The maximum absolute atomic E-state index is 10.2. The molecule has 7 heteroatoms. The van der Waals surface area contributed by atoms with Gasteiger partial charge in [-0.25, -0.2) is 0 Å². The summed E-state index contributed by atoms with van der Waals surface area (Å²) >= 11 is 0. The van der Waals surface area contributed by atoms with Crippen LogP contribution in [0.4, 0.5) is 11.5 Å². The first-order valence-electron chi connectivity index (χ1n) is 10.8. The van der Waals surface area contributed by atoms with E-state index < -0.39 is 0 Å². The highest BCUT2D eigenvalue weighted by molar-refractivity contribution is 5.76. The van der Waals surface area contributed by atoms with E-state index >= 15 is 0 Å². The van der Waals surface area contributed by atoms with Crippen LogP contribution in [0.25, 0.3) is 11.3 Å². The van der Waals surface area contributed by atoms with E-state index in [9.17, 15) is 5.11 Å². The number of para-hydroxylation sites is 1. The number of rotatable bonds is 3. The molecule has 0 saturated carbocycles. The number of piperidine rings is 2. The Bertz CT molecular complexity index is 858. The molecule has 4 N–H and O–H groups in total. The third-order valence-corrected chi connectivity index (χ3v) is 6.76. The summed E-state index contributed by atoms with van der Waals surface area (Å²) in [7, 11) is 0. The summed E-state index contributed by atoms with van der Waals surface area (Å²) in [6.45, 7) is 6.74. The first-order valence-corrected chi connectivity index (χ1v) is 10.8. The summed E-state index contributed by atoms with van der Waals surface area (Å²) in [5.41, 5.74) is 2.45. The molecule has 2 fully saturated rings. The van der Waals surface area contributed by atoms with Crippen molar-refractivity contribution in [3.05, 3.63) is 30.3 Å². The van der Waals surface area contributed by atoms with Crippen LogP contribution in [0.2, 0.25) is 0 Å². The number of anilines is 2. The Kier molecular flexibility index (Phi) is 5.01. The fraction of sp³-hybridized carbons (Fsp3) is 0.545. The van der Waals surface area contributed by atoms with E-state index in [4.69, 9.17) is 0 Å². The number of nitrogens with zero attached hydrogens (tertiary/aromatic N) is 3. The topological polar surface area (TPSA) is 85.3 Å². The van der Waals surface area contributed by atoms with E-state index in [2.05, 4.69) is 31.0 Å². The summed E-state index contributed by atoms with van der Waals surface area (Å²) < 4.78 is 0. The smallest absolute Gasteiger partial charge is 0.172 e. The number of benzene rings is 1.